The predicted molar refractivity (Wildman–Crippen MR) is 72.2 cm³/mol. The van der Waals surface area contributed by atoms with Gasteiger partial charge < -0.3 is 4.74 Å². The van der Waals surface area contributed by atoms with Crippen molar-refractivity contribution in [3.8, 4) is 5.75 Å². The number of ketones is 1. The van der Waals surface area contributed by atoms with E-state index in [0.29, 0.717) is 24.0 Å². The largest absolute Gasteiger partial charge is 0.491 e. The Balaban J connectivity index is 1.88. The molecule has 18 heavy (non-hydrogen) atoms. The SMILES string of the molecule is CC(=O)c1ccccc1OCCN1CCCC1C. The number of rotatable bonds is 5. The van der Waals surface area contributed by atoms with Gasteiger partial charge in [0.1, 0.15) is 12.4 Å². The van der Waals surface area contributed by atoms with Crippen molar-refractivity contribution in [3.05, 3.63) is 29.8 Å². The number of nitrogens with zero attached hydrogens (tertiary/aromatic N) is 1. The minimum Gasteiger partial charge on any atom is -0.491 e. The minimum atomic E-state index is 0.0557. The van der Waals surface area contributed by atoms with Gasteiger partial charge in [0.05, 0.1) is 5.56 Å². The average Bonchev–Trinajstić information content (AvgIpc) is 2.76. The Labute approximate surface area is 109 Å². The monoisotopic (exact) mass is 247 g/mol. The highest BCUT2D eigenvalue weighted by atomic mass is 16.5. The Morgan fingerprint density at radius 1 is 1.44 bits per heavy atom. The fourth-order valence-electron chi connectivity index (χ4n) is 2.48. The highest BCUT2D eigenvalue weighted by Gasteiger charge is 2.19. The van der Waals surface area contributed by atoms with Crippen LogP contribution in [0, 0.1) is 0 Å². The van der Waals surface area contributed by atoms with Crippen molar-refractivity contribution < 1.29 is 9.53 Å². The first-order valence-electron chi connectivity index (χ1n) is 6.65. The van der Waals surface area contributed by atoms with Crippen LogP contribution in [0.3, 0.4) is 0 Å². The second-order valence-electron chi connectivity index (χ2n) is 4.93. The molecule has 0 saturated carbocycles. The van der Waals surface area contributed by atoms with Crippen molar-refractivity contribution >= 4 is 5.78 Å². The number of carbonyl (C=O) groups excluding carboxylic acids is 1. The molecular weight excluding hydrogens is 226 g/mol. The summed E-state index contributed by atoms with van der Waals surface area (Å²) in [4.78, 5) is 13.9. The third-order valence-corrected chi connectivity index (χ3v) is 3.59. The maximum absolute atomic E-state index is 11.4. The first-order chi connectivity index (χ1) is 8.68. The van der Waals surface area contributed by atoms with Gasteiger partial charge in [0, 0.05) is 12.6 Å². The standard InChI is InChI=1S/C15H21NO2/c1-12-6-5-9-16(12)10-11-18-15-8-4-3-7-14(15)13(2)17/h3-4,7-8,12H,5-6,9-11H2,1-2H3. The molecule has 1 heterocycles. The summed E-state index contributed by atoms with van der Waals surface area (Å²) in [7, 11) is 0. The molecule has 0 spiro atoms. The van der Waals surface area contributed by atoms with Gasteiger partial charge in [0.25, 0.3) is 0 Å². The van der Waals surface area contributed by atoms with E-state index in [1.165, 1.54) is 19.4 Å². The van der Waals surface area contributed by atoms with Crippen LogP contribution in [0.5, 0.6) is 5.75 Å². The van der Waals surface area contributed by atoms with Crippen LogP contribution in [0.2, 0.25) is 0 Å². The Hall–Kier alpha value is -1.35. The Kier molecular flexibility index (Phi) is 4.37. The summed E-state index contributed by atoms with van der Waals surface area (Å²) in [6.07, 6.45) is 2.56. The second-order valence-corrected chi connectivity index (χ2v) is 4.93. The van der Waals surface area contributed by atoms with Crippen molar-refractivity contribution in [2.45, 2.75) is 32.7 Å². The lowest BCUT2D eigenvalue weighted by atomic mass is 10.1. The summed E-state index contributed by atoms with van der Waals surface area (Å²) in [6, 6.07) is 8.11. The van der Waals surface area contributed by atoms with Gasteiger partial charge in [-0.05, 0) is 45.4 Å². The molecule has 0 bridgehead atoms. The fraction of sp³-hybridized carbons (Fsp3) is 0.533. The number of Topliss-reactive ketones (excluding diaryl/α,β-unsaturated/α-hetero) is 1. The van der Waals surface area contributed by atoms with Gasteiger partial charge in [-0.15, -0.1) is 0 Å². The summed E-state index contributed by atoms with van der Waals surface area (Å²) in [5, 5.41) is 0. The lowest BCUT2D eigenvalue weighted by Crippen LogP contribution is -2.31. The van der Waals surface area contributed by atoms with E-state index in [2.05, 4.69) is 11.8 Å². The fourth-order valence-corrected chi connectivity index (χ4v) is 2.48. The number of likely N-dealkylation sites (tertiary alicyclic amines) is 1. The molecule has 1 fully saturated rings. The molecule has 2 rings (SSSR count). The average molecular weight is 247 g/mol. The third-order valence-electron chi connectivity index (χ3n) is 3.59. The number of ether oxygens (including phenoxy) is 1. The van der Waals surface area contributed by atoms with Crippen LogP contribution < -0.4 is 4.74 Å². The first-order valence-corrected chi connectivity index (χ1v) is 6.65. The van der Waals surface area contributed by atoms with E-state index in [4.69, 9.17) is 4.74 Å². The van der Waals surface area contributed by atoms with Crippen LogP contribution in [0.1, 0.15) is 37.0 Å². The zero-order valence-corrected chi connectivity index (χ0v) is 11.2. The molecule has 1 aromatic rings. The van der Waals surface area contributed by atoms with E-state index < -0.39 is 0 Å². The first kappa shape index (κ1) is 13.1. The maximum Gasteiger partial charge on any atom is 0.163 e. The number of benzene rings is 1. The van der Waals surface area contributed by atoms with E-state index in [-0.39, 0.29) is 5.78 Å². The number of hydrogen-bond donors (Lipinski definition) is 0. The van der Waals surface area contributed by atoms with Crippen molar-refractivity contribution in [1.29, 1.82) is 0 Å². The molecular formula is C15H21NO2. The molecule has 1 unspecified atom stereocenters. The normalized spacial score (nSPS) is 20.0. The van der Waals surface area contributed by atoms with Crippen LogP contribution in [-0.2, 0) is 0 Å². The summed E-state index contributed by atoms with van der Waals surface area (Å²) >= 11 is 0. The van der Waals surface area contributed by atoms with Crippen molar-refractivity contribution in [2.75, 3.05) is 19.7 Å². The smallest absolute Gasteiger partial charge is 0.163 e. The molecule has 0 radical (unpaired) electrons. The molecule has 0 N–H and O–H groups in total. The van der Waals surface area contributed by atoms with Crippen LogP contribution in [0.25, 0.3) is 0 Å². The summed E-state index contributed by atoms with van der Waals surface area (Å²) in [6.45, 7) is 6.59. The molecule has 1 atom stereocenters. The van der Waals surface area contributed by atoms with Crippen LogP contribution in [0.4, 0.5) is 0 Å². The van der Waals surface area contributed by atoms with Crippen molar-refractivity contribution in [1.82, 2.24) is 4.90 Å². The zero-order chi connectivity index (χ0) is 13.0. The molecule has 0 aliphatic carbocycles. The van der Waals surface area contributed by atoms with Gasteiger partial charge >= 0.3 is 0 Å². The second kappa shape index (κ2) is 6.01. The van der Waals surface area contributed by atoms with E-state index in [9.17, 15) is 4.79 Å². The highest BCUT2D eigenvalue weighted by Crippen LogP contribution is 2.19. The molecule has 3 nitrogen and oxygen atoms in total. The van der Waals surface area contributed by atoms with E-state index in [1.54, 1.807) is 6.92 Å². The Morgan fingerprint density at radius 3 is 2.89 bits per heavy atom. The molecule has 1 aliphatic rings. The van der Waals surface area contributed by atoms with Crippen LogP contribution in [-0.4, -0.2) is 36.4 Å². The predicted octanol–water partition coefficient (Wildman–Crippen LogP) is 2.75. The lowest BCUT2D eigenvalue weighted by Gasteiger charge is -2.21. The van der Waals surface area contributed by atoms with Crippen LogP contribution in [0.15, 0.2) is 24.3 Å². The molecule has 3 heteroatoms. The summed E-state index contributed by atoms with van der Waals surface area (Å²) in [5.41, 5.74) is 0.673. The molecule has 1 aliphatic heterocycles. The Morgan fingerprint density at radius 2 is 2.22 bits per heavy atom. The molecule has 98 valence electrons. The molecule has 1 aromatic carbocycles. The van der Waals surface area contributed by atoms with Gasteiger partial charge in [-0.3, -0.25) is 9.69 Å². The Bertz CT molecular complexity index is 417. The quantitative estimate of drug-likeness (QED) is 0.749. The summed E-state index contributed by atoms with van der Waals surface area (Å²) in [5.74, 6) is 0.761. The van der Waals surface area contributed by atoms with Gasteiger partial charge in [-0.1, -0.05) is 12.1 Å². The van der Waals surface area contributed by atoms with E-state index >= 15 is 0 Å². The molecule has 0 aromatic heterocycles. The van der Waals surface area contributed by atoms with Crippen molar-refractivity contribution in [2.24, 2.45) is 0 Å². The molecule has 1 saturated heterocycles. The number of carbonyl (C=O) groups is 1. The topological polar surface area (TPSA) is 29.5 Å². The number of para-hydroxylation sites is 1. The van der Waals surface area contributed by atoms with Gasteiger partial charge in [-0.2, -0.15) is 0 Å². The number of hydrogen-bond acceptors (Lipinski definition) is 3. The van der Waals surface area contributed by atoms with E-state index in [1.807, 2.05) is 24.3 Å². The zero-order valence-electron chi connectivity index (χ0n) is 11.2. The van der Waals surface area contributed by atoms with E-state index in [0.717, 1.165) is 6.54 Å². The van der Waals surface area contributed by atoms with Crippen LogP contribution >= 0.6 is 0 Å². The maximum atomic E-state index is 11.4. The third kappa shape index (κ3) is 3.10. The van der Waals surface area contributed by atoms with Gasteiger partial charge in [-0.25, -0.2) is 0 Å². The lowest BCUT2D eigenvalue weighted by molar-refractivity contribution is 0.101. The minimum absolute atomic E-state index is 0.0557. The highest BCUT2D eigenvalue weighted by molar-refractivity contribution is 5.96. The summed E-state index contributed by atoms with van der Waals surface area (Å²) < 4.78 is 5.75. The van der Waals surface area contributed by atoms with Gasteiger partial charge in [0.15, 0.2) is 5.78 Å². The van der Waals surface area contributed by atoms with Crippen molar-refractivity contribution in [3.63, 3.8) is 0 Å². The molecule has 0 amide bonds. The van der Waals surface area contributed by atoms with Gasteiger partial charge in [0.2, 0.25) is 0 Å².